The number of hydrogen-bond donors (Lipinski definition) is 1. The highest BCUT2D eigenvalue weighted by Gasteiger charge is 2.32. The Morgan fingerprint density at radius 3 is 2.40 bits per heavy atom. The lowest BCUT2D eigenvalue weighted by atomic mass is 10.2. The number of aromatic nitrogens is 2. The SMILES string of the molecule is FC(F)(F)Sc1[nH]c(-c2cnc(Cl)c(Cl)c2)c(Br)c1Br. The quantitative estimate of drug-likeness (QED) is 0.400. The van der Waals surface area contributed by atoms with Crippen molar-refractivity contribution in [2.45, 2.75) is 10.5 Å². The molecule has 0 spiro atoms. The van der Waals surface area contributed by atoms with Crippen molar-refractivity contribution in [3.8, 4) is 11.3 Å². The van der Waals surface area contributed by atoms with Crippen LogP contribution in [-0.2, 0) is 0 Å². The molecule has 108 valence electrons. The molecule has 0 saturated carbocycles. The molecule has 0 aromatic carbocycles. The maximum atomic E-state index is 12.4. The van der Waals surface area contributed by atoms with E-state index >= 15 is 0 Å². The second-order valence-electron chi connectivity index (χ2n) is 3.50. The molecule has 20 heavy (non-hydrogen) atoms. The highest BCUT2D eigenvalue weighted by Crippen LogP contribution is 2.46. The third-order valence-electron chi connectivity index (χ3n) is 2.15. The van der Waals surface area contributed by atoms with Gasteiger partial charge in [-0.15, -0.1) is 0 Å². The molecule has 2 aromatic rings. The Kier molecular flexibility index (Phi) is 5.01. The zero-order valence-electron chi connectivity index (χ0n) is 9.16. The predicted molar refractivity (Wildman–Crippen MR) is 81.4 cm³/mol. The van der Waals surface area contributed by atoms with Gasteiger partial charge in [-0.1, -0.05) is 23.2 Å². The molecule has 0 aliphatic rings. The first kappa shape index (κ1) is 16.5. The molecule has 0 unspecified atom stereocenters. The Labute approximate surface area is 142 Å². The largest absolute Gasteiger partial charge is 0.447 e. The van der Waals surface area contributed by atoms with Crippen LogP contribution in [0.5, 0.6) is 0 Å². The molecule has 0 radical (unpaired) electrons. The van der Waals surface area contributed by atoms with Crippen LogP contribution in [0.1, 0.15) is 0 Å². The van der Waals surface area contributed by atoms with E-state index in [4.69, 9.17) is 23.2 Å². The van der Waals surface area contributed by atoms with Gasteiger partial charge in [-0.25, -0.2) is 4.98 Å². The summed E-state index contributed by atoms with van der Waals surface area (Å²) >= 11 is 17.6. The maximum Gasteiger partial charge on any atom is 0.447 e. The summed E-state index contributed by atoms with van der Waals surface area (Å²) < 4.78 is 38.0. The lowest BCUT2D eigenvalue weighted by molar-refractivity contribution is -0.0329. The molecule has 2 heterocycles. The number of halogens is 7. The summed E-state index contributed by atoms with van der Waals surface area (Å²) in [6, 6.07) is 1.52. The lowest BCUT2D eigenvalue weighted by Gasteiger charge is -2.03. The lowest BCUT2D eigenvalue weighted by Crippen LogP contribution is -1.99. The second kappa shape index (κ2) is 6.08. The van der Waals surface area contributed by atoms with Gasteiger partial charge in [0.2, 0.25) is 0 Å². The van der Waals surface area contributed by atoms with Gasteiger partial charge in [-0.3, -0.25) is 0 Å². The number of nitrogens with one attached hydrogen (secondary N) is 1. The molecule has 2 nitrogen and oxygen atoms in total. The smallest absolute Gasteiger partial charge is 0.348 e. The van der Waals surface area contributed by atoms with E-state index in [-0.39, 0.29) is 31.4 Å². The minimum atomic E-state index is -4.39. The Balaban J connectivity index is 2.47. The summed E-state index contributed by atoms with van der Waals surface area (Å²) in [5.74, 6) is 0. The molecule has 10 heteroatoms. The molecule has 0 amide bonds. The number of hydrogen-bond acceptors (Lipinski definition) is 2. The first-order valence-electron chi connectivity index (χ1n) is 4.83. The number of pyridine rings is 1. The Hall–Kier alpha value is 0.110. The van der Waals surface area contributed by atoms with Crippen LogP contribution in [0, 0.1) is 0 Å². The molecule has 0 aliphatic carbocycles. The monoisotopic (exact) mass is 468 g/mol. The third-order valence-corrected chi connectivity index (χ3v) is 5.96. The molecule has 2 rings (SSSR count). The average molecular weight is 471 g/mol. The van der Waals surface area contributed by atoms with Crippen LogP contribution in [0.15, 0.2) is 26.2 Å². The van der Waals surface area contributed by atoms with Crippen LogP contribution in [0.4, 0.5) is 13.2 Å². The summed E-state index contributed by atoms with van der Waals surface area (Å²) in [4.78, 5) is 6.53. The molecule has 1 N–H and O–H groups in total. The summed E-state index contributed by atoms with van der Waals surface area (Å²) in [6.07, 6.45) is 1.42. The van der Waals surface area contributed by atoms with Crippen LogP contribution >= 0.6 is 66.8 Å². The van der Waals surface area contributed by atoms with E-state index in [9.17, 15) is 13.2 Å². The van der Waals surface area contributed by atoms with E-state index in [2.05, 4.69) is 41.8 Å². The number of aromatic amines is 1. The summed E-state index contributed by atoms with van der Waals surface area (Å²) in [6.45, 7) is 0. The fourth-order valence-electron chi connectivity index (χ4n) is 1.38. The average Bonchev–Trinajstić information content (AvgIpc) is 2.59. The van der Waals surface area contributed by atoms with Crippen LogP contribution in [0.3, 0.4) is 0 Å². The molecule has 0 saturated heterocycles. The fraction of sp³-hybridized carbons (Fsp3) is 0.100. The van der Waals surface area contributed by atoms with Crippen LogP contribution in [0.2, 0.25) is 10.2 Å². The van der Waals surface area contributed by atoms with Gasteiger partial charge >= 0.3 is 5.51 Å². The summed E-state index contributed by atoms with van der Waals surface area (Å²) in [5, 5.41) is 0.277. The molecule has 0 aliphatic heterocycles. The first-order valence-corrected chi connectivity index (χ1v) is 7.99. The summed E-state index contributed by atoms with van der Waals surface area (Å²) in [5.41, 5.74) is -3.45. The Morgan fingerprint density at radius 2 is 1.85 bits per heavy atom. The van der Waals surface area contributed by atoms with Gasteiger partial charge in [0.15, 0.2) is 0 Å². The number of nitrogens with zero attached hydrogens (tertiary/aromatic N) is 1. The normalized spacial score (nSPS) is 11.9. The number of alkyl halides is 3. The minimum absolute atomic E-state index is 0.0644. The Bertz CT molecular complexity index is 661. The zero-order valence-corrected chi connectivity index (χ0v) is 14.7. The predicted octanol–water partition coefficient (Wildman–Crippen LogP) is 6.52. The minimum Gasteiger partial charge on any atom is -0.348 e. The van der Waals surface area contributed by atoms with Crippen LogP contribution in [-0.4, -0.2) is 15.5 Å². The van der Waals surface area contributed by atoms with Gasteiger partial charge in [0.1, 0.15) is 5.15 Å². The van der Waals surface area contributed by atoms with Crippen molar-refractivity contribution >= 4 is 66.8 Å². The van der Waals surface area contributed by atoms with E-state index < -0.39 is 5.51 Å². The van der Waals surface area contributed by atoms with Crippen molar-refractivity contribution in [1.29, 1.82) is 0 Å². The van der Waals surface area contributed by atoms with Gasteiger partial charge in [-0.2, -0.15) is 13.2 Å². The van der Waals surface area contributed by atoms with Crippen LogP contribution in [0.25, 0.3) is 11.3 Å². The van der Waals surface area contributed by atoms with Crippen molar-refractivity contribution in [3.05, 3.63) is 31.4 Å². The molecule has 2 aromatic heterocycles. The van der Waals surface area contributed by atoms with Gasteiger partial charge in [0.25, 0.3) is 0 Å². The zero-order chi connectivity index (χ0) is 15.1. The van der Waals surface area contributed by atoms with Crippen molar-refractivity contribution in [3.63, 3.8) is 0 Å². The molecular weight excluding hydrogens is 468 g/mol. The Morgan fingerprint density at radius 1 is 1.20 bits per heavy atom. The topological polar surface area (TPSA) is 28.7 Å². The number of rotatable bonds is 2. The van der Waals surface area contributed by atoms with Crippen molar-refractivity contribution in [2.75, 3.05) is 0 Å². The first-order chi connectivity index (χ1) is 9.19. The number of thioether (sulfide) groups is 1. The molecule has 0 fully saturated rings. The molecule has 0 atom stereocenters. The highest BCUT2D eigenvalue weighted by molar-refractivity contribution is 9.13. The van der Waals surface area contributed by atoms with Crippen molar-refractivity contribution in [2.24, 2.45) is 0 Å². The molecule has 0 bridgehead atoms. The fourth-order valence-corrected chi connectivity index (χ4v) is 3.42. The van der Waals surface area contributed by atoms with Crippen molar-refractivity contribution < 1.29 is 13.2 Å². The number of H-pyrrole nitrogens is 1. The van der Waals surface area contributed by atoms with Gasteiger partial charge in [0.05, 0.1) is 24.7 Å². The van der Waals surface area contributed by atoms with Gasteiger partial charge in [-0.05, 0) is 37.9 Å². The van der Waals surface area contributed by atoms with Crippen LogP contribution < -0.4 is 0 Å². The van der Waals surface area contributed by atoms with E-state index in [1.807, 2.05) is 0 Å². The standard InChI is InChI=1S/C10H3Br2Cl2F3N2S/c11-5-6(12)9(20-10(15,16)17)19-7(5)3-1-4(13)8(14)18-2-3/h1-2,19H. The second-order valence-corrected chi connectivity index (χ2v) is 6.93. The van der Waals surface area contributed by atoms with Crippen molar-refractivity contribution in [1.82, 2.24) is 9.97 Å². The maximum absolute atomic E-state index is 12.4. The van der Waals surface area contributed by atoms with E-state index in [1.54, 1.807) is 0 Å². The third kappa shape index (κ3) is 3.65. The summed E-state index contributed by atoms with van der Waals surface area (Å²) in [7, 11) is 0. The van der Waals surface area contributed by atoms with E-state index in [0.29, 0.717) is 15.7 Å². The van der Waals surface area contributed by atoms with Gasteiger partial charge < -0.3 is 4.98 Å². The van der Waals surface area contributed by atoms with Gasteiger partial charge in [0, 0.05) is 23.5 Å². The van der Waals surface area contributed by atoms with E-state index in [0.717, 1.165) is 0 Å². The highest BCUT2D eigenvalue weighted by atomic mass is 79.9. The van der Waals surface area contributed by atoms with E-state index in [1.165, 1.54) is 12.3 Å². The molecular formula is C10H3Br2Cl2F3N2S.